The molecule has 1 radical (unpaired) electrons. The fourth-order valence-corrected chi connectivity index (χ4v) is 5.46. The molecule has 13 heteroatoms. The monoisotopic (exact) mass is 611 g/mol. The molecule has 1 fully saturated rings. The van der Waals surface area contributed by atoms with Gasteiger partial charge in [0.05, 0.1) is 18.5 Å². The van der Waals surface area contributed by atoms with E-state index in [0.29, 0.717) is 12.8 Å². The van der Waals surface area contributed by atoms with E-state index in [0.717, 1.165) is 16.5 Å². The Morgan fingerprint density at radius 3 is 2.41 bits per heavy atom. The Morgan fingerprint density at radius 2 is 1.77 bits per heavy atom. The Hall–Kier alpha value is -4.26. The molecule has 1 aromatic heterocycles. The molecule has 4 amide bonds. The van der Waals surface area contributed by atoms with Gasteiger partial charge in [0.1, 0.15) is 18.1 Å². The Morgan fingerprint density at radius 1 is 1.07 bits per heavy atom. The predicted octanol–water partition coefficient (Wildman–Crippen LogP) is 0.770. The highest BCUT2D eigenvalue weighted by molar-refractivity contribution is 5.96. The van der Waals surface area contributed by atoms with Gasteiger partial charge in [-0.2, -0.15) is 0 Å². The summed E-state index contributed by atoms with van der Waals surface area (Å²) in [4.78, 5) is 80.1. The molecule has 1 aliphatic heterocycles. The van der Waals surface area contributed by atoms with Crippen molar-refractivity contribution in [3.8, 4) is 0 Å². The van der Waals surface area contributed by atoms with Crippen LogP contribution in [0.1, 0.15) is 58.9 Å². The number of hydrogen-bond donors (Lipinski definition) is 6. The van der Waals surface area contributed by atoms with Crippen LogP contribution in [0.25, 0.3) is 10.9 Å². The maximum Gasteiger partial charge on any atom is 0.305 e. The van der Waals surface area contributed by atoms with Gasteiger partial charge >= 0.3 is 5.97 Å². The summed E-state index contributed by atoms with van der Waals surface area (Å²) in [7, 11) is 0. The number of aromatic amines is 1. The Labute approximate surface area is 256 Å². The number of carboxylic acids is 1. The van der Waals surface area contributed by atoms with Crippen LogP contribution >= 0.6 is 0 Å². The molecule has 0 bridgehead atoms. The molecule has 13 nitrogen and oxygen atoms in total. The first-order valence-electron chi connectivity index (χ1n) is 14.9. The van der Waals surface area contributed by atoms with Gasteiger partial charge in [-0.3, -0.25) is 28.8 Å². The van der Waals surface area contributed by atoms with Crippen molar-refractivity contribution in [2.45, 2.75) is 90.0 Å². The van der Waals surface area contributed by atoms with Crippen molar-refractivity contribution in [1.29, 1.82) is 0 Å². The lowest BCUT2D eigenvalue weighted by Gasteiger charge is -2.30. The summed E-state index contributed by atoms with van der Waals surface area (Å²) < 4.78 is 0. The smallest absolute Gasteiger partial charge is 0.305 e. The summed E-state index contributed by atoms with van der Waals surface area (Å²) in [6.07, 6.45) is 4.45. The van der Waals surface area contributed by atoms with E-state index in [4.69, 9.17) is 10.8 Å². The van der Waals surface area contributed by atoms with E-state index >= 15 is 0 Å². The zero-order chi connectivity index (χ0) is 32.6. The summed E-state index contributed by atoms with van der Waals surface area (Å²) in [5.74, 6) is -3.93. The van der Waals surface area contributed by atoms with E-state index in [1.807, 2.05) is 44.4 Å². The number of aliphatic carboxylic acids is 1. The van der Waals surface area contributed by atoms with Crippen molar-refractivity contribution < 1.29 is 33.9 Å². The topological polar surface area (TPSA) is 204 Å². The number of aromatic nitrogens is 1. The first-order chi connectivity index (χ1) is 20.8. The minimum Gasteiger partial charge on any atom is -0.481 e. The molecular formula is C31H43N6O7. The lowest BCUT2D eigenvalue weighted by molar-refractivity contribution is -0.144. The van der Waals surface area contributed by atoms with Crippen LogP contribution in [-0.2, 0) is 35.2 Å². The minimum atomic E-state index is -1.29. The van der Waals surface area contributed by atoms with Crippen LogP contribution in [0.2, 0.25) is 0 Å². The Bertz CT molecular complexity index is 1360. The van der Waals surface area contributed by atoms with E-state index in [1.165, 1.54) is 4.90 Å². The van der Waals surface area contributed by atoms with E-state index in [9.17, 15) is 28.8 Å². The number of benzene rings is 1. The number of para-hydroxylation sites is 1. The molecule has 0 saturated carbocycles. The molecule has 7 N–H and O–H groups in total. The lowest BCUT2D eigenvalue weighted by atomic mass is 9.99. The zero-order valence-corrected chi connectivity index (χ0v) is 25.6. The second kappa shape index (κ2) is 15.5. The van der Waals surface area contributed by atoms with Crippen molar-refractivity contribution in [3.05, 3.63) is 36.0 Å². The van der Waals surface area contributed by atoms with Gasteiger partial charge in [0, 0.05) is 30.1 Å². The van der Waals surface area contributed by atoms with Crippen LogP contribution in [0, 0.1) is 11.8 Å². The molecule has 1 aliphatic rings. The number of nitrogens with one attached hydrogen (secondary N) is 4. The van der Waals surface area contributed by atoms with Gasteiger partial charge in [0.25, 0.3) is 0 Å². The molecule has 1 saturated heterocycles. The molecule has 2 aromatic rings. The number of nitrogens with zero attached hydrogens (tertiary/aromatic N) is 1. The fraction of sp³-hybridized carbons (Fsp3) is 0.548. The number of nitrogens with two attached hydrogens (primary N) is 1. The third-order valence-electron chi connectivity index (χ3n) is 7.69. The molecule has 0 aliphatic carbocycles. The molecule has 3 rings (SSSR count). The van der Waals surface area contributed by atoms with Gasteiger partial charge in [-0.15, -0.1) is 0 Å². The summed E-state index contributed by atoms with van der Waals surface area (Å²) in [6.45, 7) is 7.50. The molecular weight excluding hydrogens is 568 g/mol. The normalized spacial score (nSPS) is 17.6. The van der Waals surface area contributed by atoms with Gasteiger partial charge in [0.15, 0.2) is 0 Å². The van der Waals surface area contributed by atoms with E-state index in [1.54, 1.807) is 20.0 Å². The zero-order valence-electron chi connectivity index (χ0n) is 25.6. The number of rotatable bonds is 15. The van der Waals surface area contributed by atoms with Crippen LogP contribution in [0.15, 0.2) is 30.5 Å². The van der Waals surface area contributed by atoms with Gasteiger partial charge in [-0.25, -0.2) is 0 Å². The van der Waals surface area contributed by atoms with Crippen molar-refractivity contribution in [2.24, 2.45) is 17.6 Å². The molecule has 5 atom stereocenters. The molecule has 1 aromatic carbocycles. The van der Waals surface area contributed by atoms with Crippen molar-refractivity contribution in [2.75, 3.05) is 6.54 Å². The number of carbonyl (C=O) groups is 5. The van der Waals surface area contributed by atoms with Gasteiger partial charge in [-0.05, 0) is 42.7 Å². The largest absolute Gasteiger partial charge is 0.481 e. The quantitative estimate of drug-likeness (QED) is 0.169. The number of carbonyl (C=O) groups excluding carboxylic acids is 5. The number of amides is 4. The average molecular weight is 612 g/mol. The second-order valence-corrected chi connectivity index (χ2v) is 12.1. The number of H-pyrrole nitrogens is 1. The molecule has 2 heterocycles. The second-order valence-electron chi connectivity index (χ2n) is 12.1. The SMILES string of the molecule is CC(C)C[C@H](NC(=O)[C@H](NC(=O)[C@@H]1CCCN1C(=O)[C@H](N)CC(=O)O)C(C)C)C(=O)N[C@@H]([C]=O)Cc1c[nH]c2ccccc12. The van der Waals surface area contributed by atoms with Crippen LogP contribution < -0.4 is 21.7 Å². The van der Waals surface area contributed by atoms with E-state index in [-0.39, 0.29) is 31.2 Å². The summed E-state index contributed by atoms with van der Waals surface area (Å²) in [6, 6.07) is 2.43. The van der Waals surface area contributed by atoms with E-state index < -0.39 is 66.2 Å². The average Bonchev–Trinajstić information content (AvgIpc) is 3.61. The van der Waals surface area contributed by atoms with Crippen molar-refractivity contribution >= 4 is 46.8 Å². The highest BCUT2D eigenvalue weighted by Gasteiger charge is 2.39. The predicted molar refractivity (Wildman–Crippen MR) is 163 cm³/mol. The summed E-state index contributed by atoms with van der Waals surface area (Å²) in [5.41, 5.74) is 7.49. The molecule has 0 unspecified atom stereocenters. The highest BCUT2D eigenvalue weighted by Crippen LogP contribution is 2.21. The number of fused-ring (bicyclic) bond motifs is 1. The van der Waals surface area contributed by atoms with Crippen LogP contribution in [0.4, 0.5) is 0 Å². The third kappa shape index (κ3) is 8.88. The standard InChI is InChI=1S/C31H43N6O7/c1-17(2)12-24(28(41)34-20(16-38)13-19-15-33-23-9-6-5-8-21(19)23)35-30(43)27(18(3)4)36-29(42)25-10-7-11-37(25)31(44)22(32)14-26(39)40/h5-6,8-9,15,17-18,20,22,24-25,27,33H,7,10-14,32H2,1-4H3,(H,34,41)(H,35,43)(H,36,42)(H,39,40)/t20-,22-,24+,25+,27-/m1/s1. The molecule has 44 heavy (non-hydrogen) atoms. The van der Waals surface area contributed by atoms with E-state index in [2.05, 4.69) is 20.9 Å². The highest BCUT2D eigenvalue weighted by atomic mass is 16.4. The molecule has 0 spiro atoms. The number of hydrogen-bond acceptors (Lipinski definition) is 7. The lowest BCUT2D eigenvalue weighted by Crippen LogP contribution is -2.59. The first kappa shape index (κ1) is 34.2. The number of likely N-dealkylation sites (tertiary alicyclic amines) is 1. The Kier molecular flexibility index (Phi) is 12.0. The third-order valence-corrected chi connectivity index (χ3v) is 7.69. The van der Waals surface area contributed by atoms with Crippen molar-refractivity contribution in [1.82, 2.24) is 25.8 Å². The minimum absolute atomic E-state index is 0.0125. The van der Waals surface area contributed by atoms with Gasteiger partial charge < -0.3 is 36.7 Å². The van der Waals surface area contributed by atoms with Crippen LogP contribution in [0.3, 0.4) is 0 Å². The van der Waals surface area contributed by atoms with Crippen molar-refractivity contribution in [3.63, 3.8) is 0 Å². The summed E-state index contributed by atoms with van der Waals surface area (Å²) in [5, 5.41) is 18.1. The van der Waals surface area contributed by atoms with Crippen LogP contribution in [0.5, 0.6) is 0 Å². The van der Waals surface area contributed by atoms with Crippen LogP contribution in [-0.4, -0.2) is 87.6 Å². The number of carboxylic acid groups (broad SMARTS) is 1. The summed E-state index contributed by atoms with van der Waals surface area (Å²) >= 11 is 0. The fourth-order valence-electron chi connectivity index (χ4n) is 5.46. The maximum absolute atomic E-state index is 13.5. The van der Waals surface area contributed by atoms with Gasteiger partial charge in [0.2, 0.25) is 29.9 Å². The maximum atomic E-state index is 13.5. The first-order valence-corrected chi connectivity index (χ1v) is 14.9. The molecule has 239 valence electrons. The Balaban J connectivity index is 1.68. The van der Waals surface area contributed by atoms with Gasteiger partial charge in [-0.1, -0.05) is 45.9 Å².